The Morgan fingerprint density at radius 1 is 1.39 bits per heavy atom. The first kappa shape index (κ1) is 13.0. The molecule has 98 valence electrons. The van der Waals surface area contributed by atoms with E-state index in [0.717, 1.165) is 12.1 Å². The molecule has 1 atom stereocenters. The van der Waals surface area contributed by atoms with Crippen LogP contribution in [0.4, 0.5) is 4.39 Å². The number of nitrogens with one attached hydrogen (secondary N) is 2. The molecule has 0 saturated heterocycles. The molecule has 18 heavy (non-hydrogen) atoms. The van der Waals surface area contributed by atoms with Crippen LogP contribution < -0.4 is 10.6 Å². The Balaban J connectivity index is 1.73. The Labute approximate surface area is 107 Å². The summed E-state index contributed by atoms with van der Waals surface area (Å²) < 4.78 is 12.8. The van der Waals surface area contributed by atoms with E-state index in [1.807, 2.05) is 6.92 Å². The lowest BCUT2D eigenvalue weighted by atomic mass is 10.1. The molecular weight excluding hydrogens is 231 g/mol. The van der Waals surface area contributed by atoms with E-state index in [9.17, 15) is 9.18 Å². The molecule has 1 aromatic carbocycles. The summed E-state index contributed by atoms with van der Waals surface area (Å²) in [6.07, 6.45) is 2.95. The van der Waals surface area contributed by atoms with Gasteiger partial charge in [-0.1, -0.05) is 12.1 Å². The second-order valence-electron chi connectivity index (χ2n) is 4.82. The molecule has 1 aliphatic carbocycles. The zero-order chi connectivity index (χ0) is 13.0. The van der Waals surface area contributed by atoms with Gasteiger partial charge in [-0.15, -0.1) is 0 Å². The molecule has 0 heterocycles. The van der Waals surface area contributed by atoms with Crippen molar-refractivity contribution in [3.63, 3.8) is 0 Å². The number of hydrogen-bond acceptors (Lipinski definition) is 2. The third-order valence-corrected chi connectivity index (χ3v) is 3.11. The molecule has 0 bridgehead atoms. The van der Waals surface area contributed by atoms with Crippen LogP contribution in [-0.2, 0) is 4.79 Å². The highest BCUT2D eigenvalue weighted by molar-refractivity contribution is 5.76. The molecule has 1 aliphatic rings. The molecule has 0 aliphatic heterocycles. The smallest absolute Gasteiger partial charge is 0.221 e. The normalized spacial score (nSPS) is 16.3. The SMILES string of the molecule is CC(NC(=O)CCNC1CC1)c1ccc(F)cc1. The Morgan fingerprint density at radius 3 is 2.67 bits per heavy atom. The second kappa shape index (κ2) is 5.96. The topological polar surface area (TPSA) is 41.1 Å². The summed E-state index contributed by atoms with van der Waals surface area (Å²) in [6.45, 7) is 2.63. The maximum Gasteiger partial charge on any atom is 0.221 e. The van der Waals surface area contributed by atoms with Crippen LogP contribution in [0.1, 0.15) is 37.8 Å². The maximum absolute atomic E-state index is 12.8. The van der Waals surface area contributed by atoms with E-state index in [2.05, 4.69) is 10.6 Å². The van der Waals surface area contributed by atoms with Crippen molar-refractivity contribution < 1.29 is 9.18 Å². The van der Waals surface area contributed by atoms with Gasteiger partial charge in [-0.05, 0) is 37.5 Å². The van der Waals surface area contributed by atoms with Gasteiger partial charge in [0, 0.05) is 19.0 Å². The maximum atomic E-state index is 12.8. The van der Waals surface area contributed by atoms with Crippen molar-refractivity contribution in [3.05, 3.63) is 35.6 Å². The van der Waals surface area contributed by atoms with Crippen molar-refractivity contribution in [3.8, 4) is 0 Å². The molecule has 3 nitrogen and oxygen atoms in total. The Bertz CT molecular complexity index is 401. The number of rotatable bonds is 6. The number of halogens is 1. The summed E-state index contributed by atoms with van der Waals surface area (Å²) >= 11 is 0. The van der Waals surface area contributed by atoms with E-state index in [1.165, 1.54) is 25.0 Å². The van der Waals surface area contributed by atoms with Gasteiger partial charge in [-0.25, -0.2) is 4.39 Å². The van der Waals surface area contributed by atoms with Gasteiger partial charge in [-0.3, -0.25) is 4.79 Å². The fraction of sp³-hybridized carbons (Fsp3) is 0.500. The minimum atomic E-state index is -0.258. The molecule has 4 heteroatoms. The zero-order valence-electron chi connectivity index (χ0n) is 10.6. The van der Waals surface area contributed by atoms with Crippen LogP contribution in [0.25, 0.3) is 0 Å². The number of amides is 1. The monoisotopic (exact) mass is 250 g/mol. The van der Waals surface area contributed by atoms with E-state index in [0.29, 0.717) is 12.5 Å². The lowest BCUT2D eigenvalue weighted by Crippen LogP contribution is -2.30. The van der Waals surface area contributed by atoms with Crippen molar-refractivity contribution in [2.24, 2.45) is 0 Å². The lowest BCUT2D eigenvalue weighted by molar-refractivity contribution is -0.121. The van der Waals surface area contributed by atoms with Crippen molar-refractivity contribution in [1.29, 1.82) is 0 Å². The predicted octanol–water partition coefficient (Wildman–Crippen LogP) is 2.14. The van der Waals surface area contributed by atoms with Crippen molar-refractivity contribution >= 4 is 5.91 Å². The van der Waals surface area contributed by atoms with Gasteiger partial charge >= 0.3 is 0 Å². The summed E-state index contributed by atoms with van der Waals surface area (Å²) in [5.74, 6) is -0.231. The van der Waals surface area contributed by atoms with E-state index < -0.39 is 0 Å². The highest BCUT2D eigenvalue weighted by Crippen LogP contribution is 2.18. The number of benzene rings is 1. The quantitative estimate of drug-likeness (QED) is 0.812. The van der Waals surface area contributed by atoms with Gasteiger partial charge < -0.3 is 10.6 Å². The molecule has 0 aromatic heterocycles. The second-order valence-corrected chi connectivity index (χ2v) is 4.82. The highest BCUT2D eigenvalue weighted by atomic mass is 19.1. The van der Waals surface area contributed by atoms with Crippen LogP contribution in [0.5, 0.6) is 0 Å². The Hall–Kier alpha value is -1.42. The summed E-state index contributed by atoms with van der Waals surface area (Å²) in [6, 6.07) is 6.76. The van der Waals surface area contributed by atoms with Crippen molar-refractivity contribution in [2.75, 3.05) is 6.54 Å². The van der Waals surface area contributed by atoms with Gasteiger partial charge in [0.25, 0.3) is 0 Å². The third kappa shape index (κ3) is 4.11. The Morgan fingerprint density at radius 2 is 2.06 bits per heavy atom. The average molecular weight is 250 g/mol. The zero-order valence-corrected chi connectivity index (χ0v) is 10.6. The minimum Gasteiger partial charge on any atom is -0.350 e. The standard InChI is InChI=1S/C14H19FN2O/c1-10(11-2-4-12(15)5-3-11)17-14(18)8-9-16-13-6-7-13/h2-5,10,13,16H,6-9H2,1H3,(H,17,18). The molecule has 1 aromatic rings. The van der Waals surface area contributed by atoms with Crippen molar-refractivity contribution in [2.45, 2.75) is 38.3 Å². The summed E-state index contributed by atoms with van der Waals surface area (Å²) in [7, 11) is 0. The molecule has 2 rings (SSSR count). The average Bonchev–Trinajstić information content (AvgIpc) is 3.13. The lowest BCUT2D eigenvalue weighted by Gasteiger charge is -2.14. The van der Waals surface area contributed by atoms with Gasteiger partial charge in [-0.2, -0.15) is 0 Å². The molecule has 1 fully saturated rings. The fourth-order valence-electron chi connectivity index (χ4n) is 1.83. The molecular formula is C14H19FN2O. The first-order valence-corrected chi connectivity index (χ1v) is 6.43. The van der Waals surface area contributed by atoms with E-state index in [-0.39, 0.29) is 17.8 Å². The highest BCUT2D eigenvalue weighted by Gasteiger charge is 2.20. The van der Waals surface area contributed by atoms with Crippen molar-refractivity contribution in [1.82, 2.24) is 10.6 Å². The third-order valence-electron chi connectivity index (χ3n) is 3.11. The summed E-state index contributed by atoms with van der Waals surface area (Å²) in [4.78, 5) is 11.7. The van der Waals surface area contributed by atoms with Crippen LogP contribution in [0, 0.1) is 5.82 Å². The molecule has 0 spiro atoms. The van der Waals surface area contributed by atoms with Gasteiger partial charge in [0.15, 0.2) is 0 Å². The molecule has 2 N–H and O–H groups in total. The van der Waals surface area contributed by atoms with Crippen LogP contribution in [-0.4, -0.2) is 18.5 Å². The molecule has 1 unspecified atom stereocenters. The van der Waals surface area contributed by atoms with Gasteiger partial charge in [0.05, 0.1) is 6.04 Å². The molecule has 1 amide bonds. The van der Waals surface area contributed by atoms with E-state index >= 15 is 0 Å². The Kier molecular flexibility index (Phi) is 4.31. The molecule has 1 saturated carbocycles. The van der Waals surface area contributed by atoms with Crippen LogP contribution in [0.15, 0.2) is 24.3 Å². The minimum absolute atomic E-state index is 0.0278. The predicted molar refractivity (Wildman–Crippen MR) is 68.6 cm³/mol. The largest absolute Gasteiger partial charge is 0.350 e. The first-order chi connectivity index (χ1) is 8.65. The van der Waals surface area contributed by atoms with Crippen LogP contribution in [0.3, 0.4) is 0 Å². The van der Waals surface area contributed by atoms with Gasteiger partial charge in [0.1, 0.15) is 5.82 Å². The van der Waals surface area contributed by atoms with E-state index in [1.54, 1.807) is 12.1 Å². The number of carbonyl (C=O) groups excluding carboxylic acids is 1. The number of carbonyl (C=O) groups is 1. The molecule has 0 radical (unpaired) electrons. The first-order valence-electron chi connectivity index (χ1n) is 6.43. The van der Waals surface area contributed by atoms with Crippen LogP contribution in [0.2, 0.25) is 0 Å². The number of hydrogen-bond donors (Lipinski definition) is 2. The summed E-state index contributed by atoms with van der Waals surface area (Å²) in [5.41, 5.74) is 0.917. The van der Waals surface area contributed by atoms with E-state index in [4.69, 9.17) is 0 Å². The van der Waals surface area contributed by atoms with Crippen LogP contribution >= 0.6 is 0 Å². The fourth-order valence-corrected chi connectivity index (χ4v) is 1.83. The summed E-state index contributed by atoms with van der Waals surface area (Å²) in [5, 5.41) is 6.21. The van der Waals surface area contributed by atoms with Gasteiger partial charge in [0.2, 0.25) is 5.91 Å².